The lowest BCUT2D eigenvalue weighted by atomic mass is 10.0. The van der Waals surface area contributed by atoms with Gasteiger partial charge in [0.2, 0.25) is 0 Å². The summed E-state index contributed by atoms with van der Waals surface area (Å²) in [4.78, 5) is 0. The molecule has 0 amide bonds. The molecule has 4 aromatic carbocycles. The highest BCUT2D eigenvalue weighted by atomic mass is 16.9. The van der Waals surface area contributed by atoms with Crippen LogP contribution in [0.5, 0.6) is 23.0 Å². The summed E-state index contributed by atoms with van der Waals surface area (Å²) in [5, 5.41) is 0. The van der Waals surface area contributed by atoms with Gasteiger partial charge in [-0.05, 0) is 24.3 Å². The molecule has 5 heteroatoms. The molecule has 0 fully saturated rings. The highest BCUT2D eigenvalue weighted by Crippen LogP contribution is 2.46. The van der Waals surface area contributed by atoms with Crippen LogP contribution in [0, 0.1) is 0 Å². The molecule has 2 aliphatic heterocycles. The lowest BCUT2D eigenvalue weighted by molar-refractivity contribution is 0.167. The Labute approximate surface area is 168 Å². The summed E-state index contributed by atoms with van der Waals surface area (Å²) in [7, 11) is 0. The summed E-state index contributed by atoms with van der Waals surface area (Å²) < 4.78 is 25.4. The fourth-order valence-electron chi connectivity index (χ4n) is 3.93. The van der Waals surface area contributed by atoms with Gasteiger partial charge in [0.05, 0.1) is 23.0 Å². The fourth-order valence-corrected chi connectivity index (χ4v) is 3.93. The number of benzene rings is 4. The third-order valence-corrected chi connectivity index (χ3v) is 5.21. The average Bonchev–Trinajstić information content (AvgIpc) is 2.97. The van der Waals surface area contributed by atoms with Crippen LogP contribution in [0.25, 0.3) is 22.3 Å². The van der Waals surface area contributed by atoms with Gasteiger partial charge in [0.15, 0.2) is 0 Å². The van der Waals surface area contributed by atoms with Gasteiger partial charge in [0.25, 0.3) is 0 Å². The van der Waals surface area contributed by atoms with Crippen LogP contribution in [-0.4, -0.2) is 6.96 Å². The molecule has 0 atom stereocenters. The van der Waals surface area contributed by atoms with E-state index >= 15 is 0 Å². The predicted molar refractivity (Wildman–Crippen MR) is 112 cm³/mol. The van der Waals surface area contributed by atoms with Gasteiger partial charge in [-0.2, -0.15) is 0 Å². The van der Waals surface area contributed by atoms with Crippen LogP contribution < -0.4 is 18.6 Å². The van der Waals surface area contributed by atoms with Crippen molar-refractivity contribution in [2.24, 2.45) is 0 Å². The van der Waals surface area contributed by atoms with E-state index in [2.05, 4.69) is 0 Å². The standard InChI is InChI=1S/C24H16BO4/c1-5-13-21-17(9-1)18-10-2-6-14-22(18)27-25(26-21)28-23-15-7-3-11-19(23)20-12-4-8-16-24(20)29-25/h1-16H/q-1. The van der Waals surface area contributed by atoms with E-state index in [4.69, 9.17) is 18.6 Å². The van der Waals surface area contributed by atoms with Crippen molar-refractivity contribution in [2.45, 2.75) is 0 Å². The molecule has 2 heterocycles. The first-order chi connectivity index (χ1) is 14.3. The topological polar surface area (TPSA) is 36.9 Å². The maximum Gasteiger partial charge on any atom is 0.777 e. The Kier molecular flexibility index (Phi) is 3.38. The molecular formula is C24H16BO4-. The van der Waals surface area contributed by atoms with Crippen molar-refractivity contribution in [3.8, 4) is 45.3 Å². The van der Waals surface area contributed by atoms with Gasteiger partial charge in [-0.15, -0.1) is 0 Å². The van der Waals surface area contributed by atoms with Crippen LogP contribution in [0.2, 0.25) is 0 Å². The highest BCUT2D eigenvalue weighted by molar-refractivity contribution is 6.57. The Morgan fingerprint density at radius 2 is 0.586 bits per heavy atom. The Morgan fingerprint density at radius 3 is 0.862 bits per heavy atom. The zero-order valence-corrected chi connectivity index (χ0v) is 15.4. The second kappa shape index (κ2) is 6.07. The van der Waals surface area contributed by atoms with Crippen molar-refractivity contribution < 1.29 is 18.6 Å². The molecule has 0 bridgehead atoms. The maximum absolute atomic E-state index is 6.36. The first-order valence-electron chi connectivity index (χ1n) is 9.57. The van der Waals surface area contributed by atoms with Crippen LogP contribution in [0.15, 0.2) is 97.1 Å². The molecular weight excluding hydrogens is 363 g/mol. The molecule has 140 valence electrons. The minimum atomic E-state index is -2.64. The molecule has 2 aliphatic rings. The van der Waals surface area contributed by atoms with Crippen molar-refractivity contribution in [1.29, 1.82) is 0 Å². The Morgan fingerprint density at radius 1 is 0.345 bits per heavy atom. The second-order valence-corrected chi connectivity index (χ2v) is 7.03. The molecule has 0 saturated heterocycles. The predicted octanol–water partition coefficient (Wildman–Crippen LogP) is 5.70. The van der Waals surface area contributed by atoms with Crippen LogP contribution in [0.3, 0.4) is 0 Å². The molecule has 4 nitrogen and oxygen atoms in total. The second-order valence-electron chi connectivity index (χ2n) is 7.03. The molecule has 0 N–H and O–H groups in total. The summed E-state index contributed by atoms with van der Waals surface area (Å²) in [5.74, 6) is 2.59. The largest absolute Gasteiger partial charge is 0.777 e. The molecule has 0 aromatic heterocycles. The average molecular weight is 379 g/mol. The number of rotatable bonds is 0. The summed E-state index contributed by atoms with van der Waals surface area (Å²) in [6, 6.07) is 31.2. The first kappa shape index (κ1) is 16.1. The van der Waals surface area contributed by atoms with E-state index in [-0.39, 0.29) is 0 Å². The summed E-state index contributed by atoms with van der Waals surface area (Å²) in [6.45, 7) is -2.64. The summed E-state index contributed by atoms with van der Waals surface area (Å²) in [5.41, 5.74) is 3.72. The van der Waals surface area contributed by atoms with Crippen molar-refractivity contribution in [3.05, 3.63) is 97.1 Å². The van der Waals surface area contributed by atoms with Gasteiger partial charge in [-0.25, -0.2) is 0 Å². The lowest BCUT2D eigenvalue weighted by Crippen LogP contribution is -2.60. The summed E-state index contributed by atoms with van der Waals surface area (Å²) >= 11 is 0. The Bertz CT molecular complexity index is 1040. The van der Waals surface area contributed by atoms with Crippen molar-refractivity contribution in [1.82, 2.24) is 0 Å². The molecule has 29 heavy (non-hydrogen) atoms. The van der Waals surface area contributed by atoms with Crippen molar-refractivity contribution in [3.63, 3.8) is 0 Å². The third kappa shape index (κ3) is 2.55. The fraction of sp³-hybridized carbons (Fsp3) is 0. The molecule has 0 radical (unpaired) electrons. The molecule has 0 saturated carbocycles. The zero-order chi connectivity index (χ0) is 19.3. The molecule has 6 rings (SSSR count). The smallest absolute Gasteiger partial charge is 0.611 e. The van der Waals surface area contributed by atoms with E-state index in [9.17, 15) is 0 Å². The minimum Gasteiger partial charge on any atom is -0.611 e. The number of para-hydroxylation sites is 4. The van der Waals surface area contributed by atoms with Crippen molar-refractivity contribution in [2.75, 3.05) is 0 Å². The van der Waals surface area contributed by atoms with E-state index < -0.39 is 6.96 Å². The van der Waals surface area contributed by atoms with Gasteiger partial charge in [0.1, 0.15) is 0 Å². The number of fused-ring (bicyclic) bond motifs is 6. The normalized spacial score (nSPS) is 14.9. The van der Waals surface area contributed by atoms with Gasteiger partial charge < -0.3 is 18.6 Å². The molecule has 0 unspecified atom stereocenters. The SMILES string of the molecule is c1ccc2c(c1)O[B-]1(Oc3ccccc3-2)Oc2ccccc2-c2ccccc2O1. The quantitative estimate of drug-likeness (QED) is 0.368. The number of hydrogen-bond acceptors (Lipinski definition) is 4. The van der Waals surface area contributed by atoms with Gasteiger partial charge in [-0.1, -0.05) is 72.8 Å². The highest BCUT2D eigenvalue weighted by Gasteiger charge is 2.47. The third-order valence-electron chi connectivity index (χ3n) is 5.21. The maximum atomic E-state index is 6.36. The molecule has 4 aromatic rings. The summed E-state index contributed by atoms with van der Waals surface area (Å²) in [6.07, 6.45) is 0. The van der Waals surface area contributed by atoms with Gasteiger partial charge in [-0.3, -0.25) is 0 Å². The van der Waals surface area contributed by atoms with E-state index in [0.29, 0.717) is 23.0 Å². The molecule has 1 spiro atoms. The number of hydrogen-bond donors (Lipinski definition) is 0. The van der Waals surface area contributed by atoms with E-state index in [1.807, 2.05) is 97.1 Å². The van der Waals surface area contributed by atoms with E-state index in [0.717, 1.165) is 22.3 Å². The van der Waals surface area contributed by atoms with Gasteiger partial charge >= 0.3 is 6.96 Å². The minimum absolute atomic E-state index is 0.648. The monoisotopic (exact) mass is 379 g/mol. The van der Waals surface area contributed by atoms with Crippen LogP contribution in [0.4, 0.5) is 0 Å². The lowest BCUT2D eigenvalue weighted by Gasteiger charge is -2.39. The van der Waals surface area contributed by atoms with Crippen LogP contribution in [0.1, 0.15) is 0 Å². The van der Waals surface area contributed by atoms with Crippen LogP contribution >= 0.6 is 0 Å². The Balaban J connectivity index is 1.60. The zero-order valence-electron chi connectivity index (χ0n) is 15.4. The van der Waals surface area contributed by atoms with Crippen molar-refractivity contribution >= 4 is 6.96 Å². The van der Waals surface area contributed by atoms with Gasteiger partial charge in [0, 0.05) is 22.3 Å². The van der Waals surface area contributed by atoms with E-state index in [1.165, 1.54) is 0 Å². The van der Waals surface area contributed by atoms with E-state index in [1.54, 1.807) is 0 Å². The molecule has 0 aliphatic carbocycles. The Hall–Kier alpha value is -3.86. The van der Waals surface area contributed by atoms with Crippen LogP contribution in [-0.2, 0) is 0 Å². The first-order valence-corrected chi connectivity index (χ1v) is 9.57.